The van der Waals surface area contributed by atoms with Crippen LogP contribution in [0.2, 0.25) is 0 Å². The standard InChI is InChI=1S/C8H4F5O/c9-5-2-1-3-6(4-5)14-7(10)8(11,12)13/h1-3,7H. The minimum absolute atomic E-state index is 0.630. The fraction of sp³-hybridized carbons (Fsp3) is 0.250. The lowest BCUT2D eigenvalue weighted by Crippen LogP contribution is -2.29. The van der Waals surface area contributed by atoms with Crippen LogP contribution in [0.3, 0.4) is 0 Å². The van der Waals surface area contributed by atoms with E-state index >= 15 is 0 Å². The number of alkyl halides is 4. The predicted molar refractivity (Wildman–Crippen MR) is 36.8 cm³/mol. The number of hydrogen-bond acceptors (Lipinski definition) is 1. The van der Waals surface area contributed by atoms with Crippen molar-refractivity contribution >= 4 is 0 Å². The topological polar surface area (TPSA) is 9.23 Å². The smallest absolute Gasteiger partial charge is 0.451 e. The van der Waals surface area contributed by atoms with E-state index in [0.717, 1.165) is 18.2 Å². The molecular formula is C8H4F5O. The predicted octanol–water partition coefficient (Wildman–Crippen LogP) is 2.86. The Labute approximate surface area is 76.1 Å². The molecular weight excluding hydrogens is 207 g/mol. The van der Waals surface area contributed by atoms with Crippen molar-refractivity contribution in [3.8, 4) is 5.75 Å². The Kier molecular flexibility index (Phi) is 2.93. The van der Waals surface area contributed by atoms with Crippen LogP contribution in [0.25, 0.3) is 0 Å². The summed E-state index contributed by atoms with van der Waals surface area (Å²) in [7, 11) is 0. The lowest BCUT2D eigenvalue weighted by atomic mass is 10.3. The molecule has 6 heteroatoms. The molecule has 0 aromatic heterocycles. The highest BCUT2D eigenvalue weighted by Crippen LogP contribution is 2.25. The Balaban J connectivity index is 2.70. The first kappa shape index (κ1) is 10.7. The van der Waals surface area contributed by atoms with E-state index in [9.17, 15) is 22.0 Å². The molecule has 1 atom stereocenters. The number of benzene rings is 1. The normalized spacial score (nSPS) is 13.8. The van der Waals surface area contributed by atoms with E-state index in [1.165, 1.54) is 0 Å². The summed E-state index contributed by atoms with van der Waals surface area (Å²) >= 11 is 0. The Morgan fingerprint density at radius 3 is 2.43 bits per heavy atom. The zero-order valence-electron chi connectivity index (χ0n) is 6.61. The summed E-state index contributed by atoms with van der Waals surface area (Å²) in [5.74, 6) is -1.55. The molecule has 1 radical (unpaired) electrons. The molecule has 77 valence electrons. The van der Waals surface area contributed by atoms with Gasteiger partial charge in [-0.2, -0.15) is 17.6 Å². The van der Waals surface area contributed by atoms with Gasteiger partial charge in [0.15, 0.2) is 0 Å². The van der Waals surface area contributed by atoms with Gasteiger partial charge in [0, 0.05) is 0 Å². The largest absolute Gasteiger partial charge is 0.457 e. The van der Waals surface area contributed by atoms with E-state index in [-0.39, 0.29) is 0 Å². The van der Waals surface area contributed by atoms with Gasteiger partial charge in [-0.05, 0) is 12.1 Å². The van der Waals surface area contributed by atoms with Crippen LogP contribution < -0.4 is 4.74 Å². The first-order valence-electron chi connectivity index (χ1n) is 3.45. The molecule has 0 aliphatic rings. The van der Waals surface area contributed by atoms with Crippen LogP contribution in [0, 0.1) is 11.9 Å². The van der Waals surface area contributed by atoms with Gasteiger partial charge < -0.3 is 4.74 Å². The van der Waals surface area contributed by atoms with E-state index < -0.39 is 24.1 Å². The first-order chi connectivity index (χ1) is 6.39. The van der Waals surface area contributed by atoms with Crippen LogP contribution in [0.5, 0.6) is 5.75 Å². The average molecular weight is 211 g/mol. The van der Waals surface area contributed by atoms with Gasteiger partial charge in [-0.25, -0.2) is 4.39 Å². The van der Waals surface area contributed by atoms with Gasteiger partial charge in [0.1, 0.15) is 11.6 Å². The minimum Gasteiger partial charge on any atom is -0.451 e. The summed E-state index contributed by atoms with van der Waals surface area (Å²) < 4.78 is 63.3. The zero-order valence-corrected chi connectivity index (χ0v) is 6.61. The highest BCUT2D eigenvalue weighted by Gasteiger charge is 2.42. The molecule has 1 aromatic carbocycles. The Morgan fingerprint density at radius 1 is 1.29 bits per heavy atom. The maximum atomic E-state index is 12.4. The molecule has 0 heterocycles. The van der Waals surface area contributed by atoms with Gasteiger partial charge in [0.25, 0.3) is 0 Å². The third kappa shape index (κ3) is 2.86. The summed E-state index contributed by atoms with van der Waals surface area (Å²) in [4.78, 5) is 0. The van der Waals surface area contributed by atoms with Crippen molar-refractivity contribution in [2.24, 2.45) is 0 Å². The molecule has 0 bridgehead atoms. The van der Waals surface area contributed by atoms with Gasteiger partial charge in [-0.15, -0.1) is 0 Å². The molecule has 0 saturated heterocycles. The second-order valence-corrected chi connectivity index (χ2v) is 2.34. The van der Waals surface area contributed by atoms with Crippen LogP contribution >= 0.6 is 0 Å². The Bertz CT molecular complexity index is 309. The maximum Gasteiger partial charge on any atom is 0.457 e. The Morgan fingerprint density at radius 2 is 1.93 bits per heavy atom. The average Bonchev–Trinajstić information content (AvgIpc) is 2.02. The van der Waals surface area contributed by atoms with Crippen molar-refractivity contribution in [3.05, 3.63) is 30.1 Å². The monoisotopic (exact) mass is 211 g/mol. The molecule has 0 aliphatic heterocycles. The van der Waals surface area contributed by atoms with E-state index in [2.05, 4.69) is 4.74 Å². The Hall–Kier alpha value is -1.33. The molecule has 14 heavy (non-hydrogen) atoms. The molecule has 0 aliphatic carbocycles. The minimum atomic E-state index is -5.12. The number of rotatable bonds is 2. The summed E-state index contributed by atoms with van der Waals surface area (Å²) in [5.41, 5.74) is 0. The van der Waals surface area contributed by atoms with Crippen molar-refractivity contribution in [2.45, 2.75) is 12.5 Å². The molecule has 1 aromatic rings. The van der Waals surface area contributed by atoms with Crippen molar-refractivity contribution in [2.75, 3.05) is 0 Å². The van der Waals surface area contributed by atoms with Gasteiger partial charge in [0.2, 0.25) is 0 Å². The van der Waals surface area contributed by atoms with Crippen molar-refractivity contribution in [1.29, 1.82) is 0 Å². The van der Waals surface area contributed by atoms with Crippen molar-refractivity contribution in [3.63, 3.8) is 0 Å². The second-order valence-electron chi connectivity index (χ2n) is 2.34. The van der Waals surface area contributed by atoms with Gasteiger partial charge in [0.05, 0.1) is 6.07 Å². The maximum absolute atomic E-state index is 12.4. The quantitative estimate of drug-likeness (QED) is 0.683. The molecule has 0 N–H and O–H groups in total. The van der Waals surface area contributed by atoms with Crippen LogP contribution in [0.1, 0.15) is 0 Å². The number of ether oxygens (including phenoxy) is 1. The van der Waals surface area contributed by atoms with Crippen LogP contribution in [0.15, 0.2) is 18.2 Å². The highest BCUT2D eigenvalue weighted by molar-refractivity contribution is 5.20. The second kappa shape index (κ2) is 3.81. The van der Waals surface area contributed by atoms with E-state index in [0.29, 0.717) is 0 Å². The van der Waals surface area contributed by atoms with Crippen LogP contribution in [0.4, 0.5) is 22.0 Å². The summed E-state index contributed by atoms with van der Waals surface area (Å²) in [6.07, 6.45) is -8.60. The fourth-order valence-corrected chi connectivity index (χ4v) is 0.668. The third-order valence-corrected chi connectivity index (χ3v) is 1.22. The SMILES string of the molecule is Fc1[c]c(OC(F)C(F)(F)F)ccc1. The molecule has 1 unspecified atom stereocenters. The van der Waals surface area contributed by atoms with Crippen LogP contribution in [-0.4, -0.2) is 12.5 Å². The van der Waals surface area contributed by atoms with Crippen LogP contribution in [-0.2, 0) is 0 Å². The van der Waals surface area contributed by atoms with Gasteiger partial charge >= 0.3 is 12.5 Å². The molecule has 0 spiro atoms. The number of halogens is 5. The van der Waals surface area contributed by atoms with E-state index in [1.807, 2.05) is 0 Å². The van der Waals surface area contributed by atoms with Crippen molar-refractivity contribution in [1.82, 2.24) is 0 Å². The van der Waals surface area contributed by atoms with E-state index in [4.69, 9.17) is 0 Å². The molecule has 1 rings (SSSR count). The lowest BCUT2D eigenvalue weighted by Gasteiger charge is -2.13. The summed E-state index contributed by atoms with van der Waals surface area (Å²) in [5, 5.41) is 0. The van der Waals surface area contributed by atoms with Gasteiger partial charge in [-0.3, -0.25) is 0 Å². The highest BCUT2D eigenvalue weighted by atomic mass is 19.4. The third-order valence-electron chi connectivity index (χ3n) is 1.22. The fourth-order valence-electron chi connectivity index (χ4n) is 0.668. The summed E-state index contributed by atoms with van der Waals surface area (Å²) in [6.45, 7) is 0. The summed E-state index contributed by atoms with van der Waals surface area (Å²) in [6, 6.07) is 4.79. The zero-order chi connectivity index (χ0) is 10.8. The molecule has 0 fully saturated rings. The molecule has 0 saturated carbocycles. The van der Waals surface area contributed by atoms with Gasteiger partial charge in [-0.1, -0.05) is 6.07 Å². The van der Waals surface area contributed by atoms with Crippen molar-refractivity contribution < 1.29 is 26.7 Å². The number of hydrogen-bond donors (Lipinski definition) is 0. The van der Waals surface area contributed by atoms with E-state index in [1.54, 1.807) is 6.07 Å². The molecule has 0 amide bonds. The lowest BCUT2D eigenvalue weighted by molar-refractivity contribution is -0.236. The molecule has 1 nitrogen and oxygen atoms in total. The first-order valence-corrected chi connectivity index (χ1v) is 3.45.